The van der Waals surface area contributed by atoms with Crippen molar-refractivity contribution in [3.63, 3.8) is 0 Å². The molecule has 2 rings (SSSR count). The van der Waals surface area contributed by atoms with Crippen molar-refractivity contribution >= 4 is 0 Å². The second kappa shape index (κ2) is 5.52. The van der Waals surface area contributed by atoms with Gasteiger partial charge in [-0.15, -0.1) is 13.2 Å². The molecule has 118 valence electrons. The number of rotatable bonds is 2. The van der Waals surface area contributed by atoms with Crippen LogP contribution in [0.2, 0.25) is 0 Å². The van der Waals surface area contributed by atoms with Crippen LogP contribution in [0.25, 0.3) is 0 Å². The van der Waals surface area contributed by atoms with E-state index in [1.165, 1.54) is 12.1 Å². The van der Waals surface area contributed by atoms with E-state index in [1.54, 1.807) is 12.1 Å². The number of alkyl halides is 3. The molecular weight excluding hydrogens is 279 g/mol. The summed E-state index contributed by atoms with van der Waals surface area (Å²) >= 11 is 0. The van der Waals surface area contributed by atoms with Gasteiger partial charge in [-0.1, -0.05) is 32.4 Å². The molecule has 0 heterocycles. The van der Waals surface area contributed by atoms with Crippen LogP contribution < -0.4 is 10.5 Å². The maximum Gasteiger partial charge on any atom is 0.573 e. The smallest absolute Gasteiger partial charge is 0.406 e. The number of benzene rings is 1. The van der Waals surface area contributed by atoms with Crippen LogP contribution in [0.5, 0.6) is 5.75 Å². The first-order chi connectivity index (χ1) is 9.60. The molecule has 0 bridgehead atoms. The summed E-state index contributed by atoms with van der Waals surface area (Å²) in [5.74, 6) is -0.201. The highest BCUT2D eigenvalue weighted by Crippen LogP contribution is 2.42. The van der Waals surface area contributed by atoms with Crippen LogP contribution in [0.3, 0.4) is 0 Å². The lowest BCUT2D eigenvalue weighted by Gasteiger charge is -2.30. The Labute approximate surface area is 123 Å². The van der Waals surface area contributed by atoms with Gasteiger partial charge in [0.15, 0.2) is 0 Å². The van der Waals surface area contributed by atoms with Crippen molar-refractivity contribution in [3.05, 3.63) is 29.8 Å². The monoisotopic (exact) mass is 301 g/mol. The first kappa shape index (κ1) is 16.1. The average molecular weight is 301 g/mol. The van der Waals surface area contributed by atoms with E-state index in [0.29, 0.717) is 0 Å². The molecule has 0 saturated heterocycles. The van der Waals surface area contributed by atoms with E-state index in [2.05, 4.69) is 18.6 Å². The highest BCUT2D eigenvalue weighted by molar-refractivity contribution is 5.33. The number of halogens is 3. The standard InChI is InChI=1S/C16H22F3NO/c1-14(2)7-4-8-15(20,10-9-14)12-5-3-6-13(11-12)21-16(17,18)19/h3,5-6,11H,4,7-10,20H2,1-2H3. The van der Waals surface area contributed by atoms with E-state index < -0.39 is 11.9 Å². The quantitative estimate of drug-likeness (QED) is 0.801. The summed E-state index contributed by atoms with van der Waals surface area (Å²) in [5, 5.41) is 0. The summed E-state index contributed by atoms with van der Waals surface area (Å²) in [7, 11) is 0. The molecule has 0 aliphatic heterocycles. The molecule has 1 fully saturated rings. The Bertz CT molecular complexity index is 499. The van der Waals surface area contributed by atoms with E-state index in [1.807, 2.05) is 0 Å². The summed E-state index contributed by atoms with van der Waals surface area (Å²) < 4.78 is 41.0. The van der Waals surface area contributed by atoms with Crippen molar-refractivity contribution in [2.24, 2.45) is 11.1 Å². The molecule has 5 heteroatoms. The second-order valence-corrected chi connectivity index (χ2v) is 6.75. The SMILES string of the molecule is CC1(C)CCCC(N)(c2cccc(OC(F)(F)F)c2)CC1. The minimum atomic E-state index is -4.67. The number of hydrogen-bond donors (Lipinski definition) is 1. The molecule has 0 spiro atoms. The maximum atomic E-state index is 12.3. The number of hydrogen-bond acceptors (Lipinski definition) is 2. The first-order valence-corrected chi connectivity index (χ1v) is 7.25. The van der Waals surface area contributed by atoms with Crippen LogP contribution in [-0.2, 0) is 5.54 Å². The van der Waals surface area contributed by atoms with Crippen molar-refractivity contribution in [1.82, 2.24) is 0 Å². The largest absolute Gasteiger partial charge is 0.573 e. The van der Waals surface area contributed by atoms with Crippen LogP contribution in [0.4, 0.5) is 13.2 Å². The predicted molar refractivity (Wildman–Crippen MR) is 75.9 cm³/mol. The first-order valence-electron chi connectivity index (χ1n) is 7.25. The molecule has 2 nitrogen and oxygen atoms in total. The maximum absolute atomic E-state index is 12.3. The van der Waals surface area contributed by atoms with Crippen molar-refractivity contribution in [3.8, 4) is 5.75 Å². The summed E-state index contributed by atoms with van der Waals surface area (Å²) in [4.78, 5) is 0. The molecule has 2 N–H and O–H groups in total. The molecule has 1 atom stereocenters. The Kier molecular flexibility index (Phi) is 4.24. The van der Waals surface area contributed by atoms with Gasteiger partial charge in [0.2, 0.25) is 0 Å². The van der Waals surface area contributed by atoms with Gasteiger partial charge >= 0.3 is 6.36 Å². The van der Waals surface area contributed by atoms with Gasteiger partial charge in [-0.2, -0.15) is 0 Å². The Morgan fingerprint density at radius 2 is 1.81 bits per heavy atom. The predicted octanol–water partition coefficient (Wildman–Crippen LogP) is 4.73. The molecule has 1 aromatic carbocycles. The number of nitrogens with two attached hydrogens (primary N) is 1. The second-order valence-electron chi connectivity index (χ2n) is 6.75. The molecule has 1 aromatic rings. The van der Waals surface area contributed by atoms with E-state index in [0.717, 1.165) is 37.7 Å². The van der Waals surface area contributed by atoms with Gasteiger partial charge < -0.3 is 10.5 Å². The molecule has 1 aliphatic carbocycles. The van der Waals surface area contributed by atoms with Crippen LogP contribution in [0.15, 0.2) is 24.3 Å². The van der Waals surface area contributed by atoms with Gasteiger partial charge in [-0.25, -0.2) is 0 Å². The van der Waals surface area contributed by atoms with E-state index in [-0.39, 0.29) is 11.2 Å². The summed E-state index contributed by atoms with van der Waals surface area (Å²) in [6.45, 7) is 4.42. The van der Waals surface area contributed by atoms with Crippen LogP contribution in [0.1, 0.15) is 51.5 Å². The fraction of sp³-hybridized carbons (Fsp3) is 0.625. The normalized spacial score (nSPS) is 26.2. The van der Waals surface area contributed by atoms with Gasteiger partial charge in [0.25, 0.3) is 0 Å². The fourth-order valence-electron chi connectivity index (χ4n) is 2.99. The molecule has 0 aromatic heterocycles. The Hall–Kier alpha value is -1.23. The summed E-state index contributed by atoms with van der Waals surface area (Å²) in [6, 6.07) is 6.09. The molecule has 1 aliphatic rings. The third-order valence-electron chi connectivity index (χ3n) is 4.37. The third kappa shape index (κ3) is 4.37. The molecule has 0 radical (unpaired) electrons. The lowest BCUT2D eigenvalue weighted by atomic mass is 9.81. The molecule has 1 unspecified atom stereocenters. The van der Waals surface area contributed by atoms with Crippen LogP contribution in [0, 0.1) is 5.41 Å². The van der Waals surface area contributed by atoms with Crippen molar-refractivity contribution < 1.29 is 17.9 Å². The zero-order valence-electron chi connectivity index (χ0n) is 12.5. The zero-order chi connectivity index (χ0) is 15.7. The minimum absolute atomic E-state index is 0.201. The van der Waals surface area contributed by atoms with Crippen LogP contribution >= 0.6 is 0 Å². The average Bonchev–Trinajstić information content (AvgIpc) is 2.48. The molecule has 1 saturated carbocycles. The van der Waals surface area contributed by atoms with Gasteiger partial charge in [0.1, 0.15) is 5.75 Å². The summed E-state index contributed by atoms with van der Waals surface area (Å²) in [6.07, 6.45) is -0.0837. The van der Waals surface area contributed by atoms with Gasteiger partial charge in [-0.3, -0.25) is 0 Å². The fourth-order valence-corrected chi connectivity index (χ4v) is 2.99. The lowest BCUT2D eigenvalue weighted by Crippen LogP contribution is -2.36. The van der Waals surface area contributed by atoms with Gasteiger partial charge in [-0.05, 0) is 48.8 Å². The van der Waals surface area contributed by atoms with Crippen molar-refractivity contribution in [1.29, 1.82) is 0 Å². The van der Waals surface area contributed by atoms with Crippen molar-refractivity contribution in [2.75, 3.05) is 0 Å². The lowest BCUT2D eigenvalue weighted by molar-refractivity contribution is -0.274. The highest BCUT2D eigenvalue weighted by Gasteiger charge is 2.35. The van der Waals surface area contributed by atoms with Gasteiger partial charge in [0.05, 0.1) is 0 Å². The molecule has 21 heavy (non-hydrogen) atoms. The Morgan fingerprint density at radius 3 is 2.48 bits per heavy atom. The van der Waals surface area contributed by atoms with E-state index in [4.69, 9.17) is 5.73 Å². The Balaban J connectivity index is 2.22. The van der Waals surface area contributed by atoms with Gasteiger partial charge in [0, 0.05) is 5.54 Å². The Morgan fingerprint density at radius 1 is 1.10 bits per heavy atom. The minimum Gasteiger partial charge on any atom is -0.406 e. The molecule has 0 amide bonds. The van der Waals surface area contributed by atoms with Crippen LogP contribution in [-0.4, -0.2) is 6.36 Å². The van der Waals surface area contributed by atoms with E-state index >= 15 is 0 Å². The third-order valence-corrected chi connectivity index (χ3v) is 4.37. The summed E-state index contributed by atoms with van der Waals surface area (Å²) in [5.41, 5.74) is 6.89. The molecular formula is C16H22F3NO. The van der Waals surface area contributed by atoms with E-state index in [9.17, 15) is 13.2 Å². The number of ether oxygens (including phenoxy) is 1. The zero-order valence-corrected chi connectivity index (χ0v) is 12.5. The topological polar surface area (TPSA) is 35.2 Å². The van der Waals surface area contributed by atoms with Crippen molar-refractivity contribution in [2.45, 2.75) is 57.9 Å². The highest BCUT2D eigenvalue weighted by atomic mass is 19.4.